The van der Waals surface area contributed by atoms with Gasteiger partial charge in [-0.2, -0.15) is 0 Å². The fourth-order valence-corrected chi connectivity index (χ4v) is 1.87. The Hall–Kier alpha value is -2.37. The number of nitrogens with one attached hydrogen (secondary N) is 2. The first-order valence-corrected chi connectivity index (χ1v) is 7.13. The maximum Gasteiger partial charge on any atom is 0.269 e. The lowest BCUT2D eigenvalue weighted by molar-refractivity contribution is 0.0948. The number of pyridine rings is 1. The van der Waals surface area contributed by atoms with Crippen molar-refractivity contribution < 1.29 is 9.32 Å². The van der Waals surface area contributed by atoms with Gasteiger partial charge in [0.05, 0.1) is 0 Å². The summed E-state index contributed by atoms with van der Waals surface area (Å²) in [5.74, 6) is 1.17. The summed E-state index contributed by atoms with van der Waals surface area (Å²) in [6.07, 6.45) is 4.82. The van der Waals surface area contributed by atoms with Crippen LogP contribution < -0.4 is 10.6 Å². The molecule has 0 aromatic carbocycles. The summed E-state index contributed by atoms with van der Waals surface area (Å²) in [4.78, 5) is 16.1. The monoisotopic (exact) mass is 288 g/mol. The van der Waals surface area contributed by atoms with Crippen LogP contribution in [0.5, 0.6) is 0 Å². The van der Waals surface area contributed by atoms with Crippen molar-refractivity contribution in [2.24, 2.45) is 0 Å². The van der Waals surface area contributed by atoms with Gasteiger partial charge in [0.25, 0.3) is 5.91 Å². The minimum Gasteiger partial charge on any atom is -0.360 e. The Morgan fingerprint density at radius 1 is 1.33 bits per heavy atom. The number of rotatable bonds is 7. The molecule has 0 atom stereocenters. The van der Waals surface area contributed by atoms with Gasteiger partial charge in [0.2, 0.25) is 0 Å². The molecule has 0 saturated heterocycles. The van der Waals surface area contributed by atoms with Gasteiger partial charge in [0, 0.05) is 24.5 Å². The standard InChI is InChI=1S/C15H20N4O2/c1-3-4-5-7-17-15(20)13-10-12(6-8-16-13)18-14-9-11(2)21-19-14/h6,8-10H,3-5,7H2,1-2H3,(H,17,20)(H,16,18,19). The number of anilines is 2. The lowest BCUT2D eigenvalue weighted by Crippen LogP contribution is -2.25. The highest BCUT2D eigenvalue weighted by atomic mass is 16.5. The molecule has 2 aromatic rings. The van der Waals surface area contributed by atoms with Gasteiger partial charge in [0.15, 0.2) is 5.82 Å². The Balaban J connectivity index is 1.95. The van der Waals surface area contributed by atoms with Crippen molar-refractivity contribution in [2.75, 3.05) is 11.9 Å². The van der Waals surface area contributed by atoms with Gasteiger partial charge in [0.1, 0.15) is 11.5 Å². The Labute approximate surface area is 123 Å². The third-order valence-corrected chi connectivity index (χ3v) is 2.96. The first-order chi connectivity index (χ1) is 10.2. The van der Waals surface area contributed by atoms with Gasteiger partial charge in [-0.25, -0.2) is 0 Å². The average molecular weight is 288 g/mol. The van der Waals surface area contributed by atoms with Crippen molar-refractivity contribution in [3.8, 4) is 0 Å². The minimum atomic E-state index is -0.161. The van der Waals surface area contributed by atoms with Crippen molar-refractivity contribution in [1.82, 2.24) is 15.5 Å². The van der Waals surface area contributed by atoms with E-state index < -0.39 is 0 Å². The van der Waals surface area contributed by atoms with Crippen LogP contribution in [0.2, 0.25) is 0 Å². The van der Waals surface area contributed by atoms with E-state index in [1.54, 1.807) is 24.4 Å². The molecule has 2 rings (SSSR count). The molecule has 6 nitrogen and oxygen atoms in total. The summed E-state index contributed by atoms with van der Waals surface area (Å²) in [7, 11) is 0. The predicted molar refractivity (Wildman–Crippen MR) is 80.6 cm³/mol. The second-order valence-corrected chi connectivity index (χ2v) is 4.84. The number of amides is 1. The molecule has 0 spiro atoms. The van der Waals surface area contributed by atoms with Crippen LogP contribution in [0, 0.1) is 6.92 Å². The summed E-state index contributed by atoms with van der Waals surface area (Å²) in [5.41, 5.74) is 1.13. The number of hydrogen-bond acceptors (Lipinski definition) is 5. The summed E-state index contributed by atoms with van der Waals surface area (Å²) < 4.78 is 4.98. The smallest absolute Gasteiger partial charge is 0.269 e. The zero-order valence-electron chi connectivity index (χ0n) is 12.3. The van der Waals surface area contributed by atoms with Crippen molar-refractivity contribution >= 4 is 17.4 Å². The Morgan fingerprint density at radius 2 is 2.19 bits per heavy atom. The molecule has 0 saturated carbocycles. The topological polar surface area (TPSA) is 80.0 Å². The van der Waals surface area contributed by atoms with Gasteiger partial charge < -0.3 is 15.2 Å². The highest BCUT2D eigenvalue weighted by molar-refractivity contribution is 5.93. The van der Waals surface area contributed by atoms with Crippen LogP contribution in [0.25, 0.3) is 0 Å². The normalized spacial score (nSPS) is 10.4. The van der Waals surface area contributed by atoms with Gasteiger partial charge in [-0.15, -0.1) is 0 Å². The second-order valence-electron chi connectivity index (χ2n) is 4.84. The van der Waals surface area contributed by atoms with Gasteiger partial charge >= 0.3 is 0 Å². The molecule has 112 valence electrons. The van der Waals surface area contributed by atoms with Crippen LogP contribution in [0.1, 0.15) is 42.4 Å². The van der Waals surface area contributed by atoms with E-state index in [4.69, 9.17) is 4.52 Å². The molecule has 0 radical (unpaired) electrons. The van der Waals surface area contributed by atoms with Crippen LogP contribution in [0.3, 0.4) is 0 Å². The van der Waals surface area contributed by atoms with Crippen molar-refractivity contribution in [2.45, 2.75) is 33.1 Å². The molecule has 0 aliphatic heterocycles. The summed E-state index contributed by atoms with van der Waals surface area (Å²) >= 11 is 0. The van der Waals surface area contributed by atoms with E-state index in [1.807, 2.05) is 6.92 Å². The van der Waals surface area contributed by atoms with Crippen molar-refractivity contribution in [3.63, 3.8) is 0 Å². The molecule has 0 unspecified atom stereocenters. The quantitative estimate of drug-likeness (QED) is 0.765. The summed E-state index contributed by atoms with van der Waals surface area (Å²) in [6.45, 7) is 4.62. The fourth-order valence-electron chi connectivity index (χ4n) is 1.87. The van der Waals surface area contributed by atoms with E-state index in [0.29, 0.717) is 18.1 Å². The first-order valence-electron chi connectivity index (χ1n) is 7.13. The number of carbonyl (C=O) groups excluding carboxylic acids is 1. The third-order valence-electron chi connectivity index (χ3n) is 2.96. The Kier molecular flexibility index (Phi) is 5.31. The lowest BCUT2D eigenvalue weighted by atomic mass is 10.2. The number of nitrogens with zero attached hydrogens (tertiary/aromatic N) is 2. The SMILES string of the molecule is CCCCCNC(=O)c1cc(Nc2cc(C)on2)ccn1. The number of carbonyl (C=O) groups is 1. The molecule has 2 N–H and O–H groups in total. The molecule has 0 aliphatic rings. The highest BCUT2D eigenvalue weighted by Crippen LogP contribution is 2.16. The molecule has 6 heteroatoms. The molecule has 0 aliphatic carbocycles. The molecule has 0 bridgehead atoms. The van der Waals surface area contributed by atoms with E-state index in [2.05, 4.69) is 27.7 Å². The largest absolute Gasteiger partial charge is 0.360 e. The molecule has 1 amide bonds. The zero-order chi connectivity index (χ0) is 15.1. The summed E-state index contributed by atoms with van der Waals surface area (Å²) in [6, 6.07) is 5.25. The van der Waals surface area contributed by atoms with Crippen molar-refractivity contribution in [1.29, 1.82) is 0 Å². The predicted octanol–water partition coefficient (Wildman–Crippen LogP) is 3.04. The first kappa shape index (κ1) is 15.0. The number of hydrogen-bond donors (Lipinski definition) is 2. The van der Waals surface area contributed by atoms with E-state index in [0.717, 1.165) is 30.7 Å². The van der Waals surface area contributed by atoms with Gasteiger partial charge in [-0.05, 0) is 25.5 Å². The van der Waals surface area contributed by atoms with E-state index in [9.17, 15) is 4.79 Å². The minimum absolute atomic E-state index is 0.161. The van der Waals surface area contributed by atoms with Crippen LogP contribution >= 0.6 is 0 Å². The van der Waals surface area contributed by atoms with Crippen LogP contribution in [0.4, 0.5) is 11.5 Å². The molecular weight excluding hydrogens is 268 g/mol. The van der Waals surface area contributed by atoms with Crippen LogP contribution in [-0.4, -0.2) is 22.6 Å². The van der Waals surface area contributed by atoms with E-state index >= 15 is 0 Å². The number of aromatic nitrogens is 2. The molecule has 2 heterocycles. The number of unbranched alkanes of at least 4 members (excludes halogenated alkanes) is 2. The molecule has 2 aromatic heterocycles. The average Bonchev–Trinajstić information content (AvgIpc) is 2.89. The van der Waals surface area contributed by atoms with Crippen LogP contribution in [-0.2, 0) is 0 Å². The molecule has 0 fully saturated rings. The maximum absolute atomic E-state index is 12.0. The van der Waals surface area contributed by atoms with Crippen LogP contribution in [0.15, 0.2) is 28.9 Å². The van der Waals surface area contributed by atoms with Gasteiger partial charge in [-0.3, -0.25) is 9.78 Å². The fraction of sp³-hybridized carbons (Fsp3) is 0.400. The Morgan fingerprint density at radius 3 is 2.90 bits per heavy atom. The summed E-state index contributed by atoms with van der Waals surface area (Å²) in [5, 5.41) is 9.79. The number of aryl methyl sites for hydroxylation is 1. The zero-order valence-corrected chi connectivity index (χ0v) is 12.3. The van der Waals surface area contributed by atoms with E-state index in [-0.39, 0.29) is 5.91 Å². The molecular formula is C15H20N4O2. The molecule has 21 heavy (non-hydrogen) atoms. The third kappa shape index (κ3) is 4.59. The Bertz CT molecular complexity index is 595. The maximum atomic E-state index is 12.0. The lowest BCUT2D eigenvalue weighted by Gasteiger charge is -2.06. The second kappa shape index (κ2) is 7.42. The highest BCUT2D eigenvalue weighted by Gasteiger charge is 2.08. The van der Waals surface area contributed by atoms with Gasteiger partial charge in [-0.1, -0.05) is 24.9 Å². The van der Waals surface area contributed by atoms with Crippen molar-refractivity contribution in [3.05, 3.63) is 35.9 Å². The van der Waals surface area contributed by atoms with E-state index in [1.165, 1.54) is 0 Å².